The second-order valence-corrected chi connectivity index (χ2v) is 8.92. The number of nitrogens with zero attached hydrogens (tertiary/aromatic N) is 2. The number of nitrogens with two attached hydrogens (primary N) is 1. The molecule has 0 saturated heterocycles. The Kier molecular flexibility index (Phi) is 8.17. The zero-order valence-electron chi connectivity index (χ0n) is 17.1. The summed E-state index contributed by atoms with van der Waals surface area (Å²) in [6.45, 7) is 0. The SMILES string of the molecule is Br.COc1cc(/N=c2/scc(-c3ccc(Cl)c(S(N)(=O)=O)c3)n2C)cc(OC)c1OC. The predicted octanol–water partition coefficient (Wildman–Crippen LogP) is 3.89. The summed E-state index contributed by atoms with van der Waals surface area (Å²) in [5.41, 5.74) is 2.01. The highest BCUT2D eigenvalue weighted by Gasteiger charge is 2.16. The number of primary sulfonamides is 1. The van der Waals surface area contributed by atoms with Gasteiger partial charge in [0.1, 0.15) is 4.90 Å². The Morgan fingerprint density at radius 1 is 1.06 bits per heavy atom. The van der Waals surface area contributed by atoms with Crippen molar-refractivity contribution in [2.24, 2.45) is 17.2 Å². The topological polar surface area (TPSA) is 105 Å². The molecule has 0 unspecified atom stereocenters. The van der Waals surface area contributed by atoms with E-state index in [-0.39, 0.29) is 26.9 Å². The maximum atomic E-state index is 11.8. The minimum atomic E-state index is -3.94. The molecule has 8 nitrogen and oxygen atoms in total. The number of benzene rings is 2. The van der Waals surface area contributed by atoms with Gasteiger partial charge in [-0.25, -0.2) is 18.5 Å². The van der Waals surface area contributed by atoms with Crippen LogP contribution >= 0.6 is 39.9 Å². The molecule has 0 atom stereocenters. The fourth-order valence-electron chi connectivity index (χ4n) is 2.86. The van der Waals surface area contributed by atoms with E-state index in [1.165, 1.54) is 44.8 Å². The quantitative estimate of drug-likeness (QED) is 0.501. The van der Waals surface area contributed by atoms with Crippen LogP contribution in [0, 0.1) is 0 Å². The van der Waals surface area contributed by atoms with E-state index in [2.05, 4.69) is 4.99 Å². The van der Waals surface area contributed by atoms with Crippen molar-refractivity contribution in [2.75, 3.05) is 21.3 Å². The first-order valence-corrected chi connectivity index (χ1v) is 11.3. The van der Waals surface area contributed by atoms with Gasteiger partial charge in [0, 0.05) is 30.1 Å². The van der Waals surface area contributed by atoms with Gasteiger partial charge in [0.25, 0.3) is 0 Å². The number of rotatable bonds is 6. The predicted molar refractivity (Wildman–Crippen MR) is 127 cm³/mol. The van der Waals surface area contributed by atoms with E-state index < -0.39 is 10.0 Å². The lowest BCUT2D eigenvalue weighted by Crippen LogP contribution is -2.13. The smallest absolute Gasteiger partial charge is 0.239 e. The van der Waals surface area contributed by atoms with Gasteiger partial charge < -0.3 is 18.8 Å². The first kappa shape index (κ1) is 25.2. The van der Waals surface area contributed by atoms with Crippen molar-refractivity contribution in [1.82, 2.24) is 4.57 Å². The molecule has 2 aromatic carbocycles. The standard InChI is InChI=1S/C19H20ClN3O5S2.BrH/c1-23-14(11-5-6-13(20)17(7-11)30(21,24)25)10-29-19(23)22-12-8-15(26-2)18(28-4)16(9-12)27-3;/h5-10H,1-4H3,(H2,21,24,25);1H/b22-19+;. The molecule has 3 rings (SSSR count). The highest BCUT2D eigenvalue weighted by molar-refractivity contribution is 8.93. The molecule has 0 radical (unpaired) electrons. The van der Waals surface area contributed by atoms with Gasteiger partial charge in [-0.3, -0.25) is 0 Å². The molecular weight excluding hydrogens is 530 g/mol. The van der Waals surface area contributed by atoms with Gasteiger partial charge in [-0.05, 0) is 12.1 Å². The van der Waals surface area contributed by atoms with E-state index >= 15 is 0 Å². The Labute approximate surface area is 199 Å². The molecule has 2 N–H and O–H groups in total. The van der Waals surface area contributed by atoms with E-state index in [1.54, 1.807) is 18.2 Å². The molecule has 0 aliphatic heterocycles. The van der Waals surface area contributed by atoms with Crippen molar-refractivity contribution >= 4 is 55.6 Å². The van der Waals surface area contributed by atoms with Crippen LogP contribution in [0.15, 0.2) is 45.6 Å². The van der Waals surface area contributed by atoms with Crippen LogP contribution in [0.1, 0.15) is 0 Å². The van der Waals surface area contributed by atoms with Crippen molar-refractivity contribution in [3.05, 3.63) is 45.5 Å². The van der Waals surface area contributed by atoms with Crippen LogP contribution in [-0.2, 0) is 17.1 Å². The zero-order chi connectivity index (χ0) is 22.1. The highest BCUT2D eigenvalue weighted by Crippen LogP contribution is 2.40. The van der Waals surface area contributed by atoms with Crippen molar-refractivity contribution in [1.29, 1.82) is 0 Å². The molecule has 1 heterocycles. The third-order valence-corrected chi connectivity index (χ3v) is 6.64. The van der Waals surface area contributed by atoms with Crippen LogP contribution < -0.4 is 24.2 Å². The fourth-order valence-corrected chi connectivity index (χ4v) is 4.85. The highest BCUT2D eigenvalue weighted by atomic mass is 79.9. The fraction of sp³-hybridized carbons (Fsp3) is 0.211. The summed E-state index contributed by atoms with van der Waals surface area (Å²) in [5, 5.41) is 7.20. The van der Waals surface area contributed by atoms with Gasteiger partial charge in [-0.15, -0.1) is 28.3 Å². The normalized spacial score (nSPS) is 11.7. The number of methoxy groups -OCH3 is 3. The van der Waals surface area contributed by atoms with Crippen LogP contribution in [0.25, 0.3) is 11.3 Å². The van der Waals surface area contributed by atoms with E-state index in [0.29, 0.717) is 33.3 Å². The van der Waals surface area contributed by atoms with E-state index in [4.69, 9.17) is 31.0 Å². The third-order valence-electron chi connectivity index (χ3n) is 4.33. The monoisotopic (exact) mass is 549 g/mol. The molecule has 0 aliphatic carbocycles. The minimum Gasteiger partial charge on any atom is -0.493 e. The number of thiazole rings is 1. The van der Waals surface area contributed by atoms with Crippen molar-refractivity contribution in [3.8, 4) is 28.5 Å². The van der Waals surface area contributed by atoms with Crippen LogP contribution in [0.2, 0.25) is 5.02 Å². The molecule has 31 heavy (non-hydrogen) atoms. The zero-order valence-corrected chi connectivity index (χ0v) is 21.2. The number of ether oxygens (including phenoxy) is 3. The van der Waals surface area contributed by atoms with Gasteiger partial charge in [0.2, 0.25) is 15.8 Å². The van der Waals surface area contributed by atoms with Gasteiger partial charge in [0.05, 0.1) is 37.7 Å². The van der Waals surface area contributed by atoms with Crippen LogP contribution in [0.5, 0.6) is 17.2 Å². The van der Waals surface area contributed by atoms with Gasteiger partial charge in [0.15, 0.2) is 16.3 Å². The Morgan fingerprint density at radius 2 is 1.68 bits per heavy atom. The summed E-state index contributed by atoms with van der Waals surface area (Å²) >= 11 is 7.38. The summed E-state index contributed by atoms with van der Waals surface area (Å²) < 4.78 is 41.5. The second-order valence-electron chi connectivity index (χ2n) is 6.15. The molecule has 0 aliphatic rings. The van der Waals surface area contributed by atoms with Crippen LogP contribution in [0.3, 0.4) is 0 Å². The molecule has 0 bridgehead atoms. The Morgan fingerprint density at radius 3 is 2.19 bits per heavy atom. The second kappa shape index (κ2) is 10.0. The number of halogens is 2. The third kappa shape index (κ3) is 5.24. The molecule has 12 heteroatoms. The van der Waals surface area contributed by atoms with Gasteiger partial charge in [-0.1, -0.05) is 17.7 Å². The lowest BCUT2D eigenvalue weighted by Gasteiger charge is -2.12. The lowest BCUT2D eigenvalue weighted by molar-refractivity contribution is 0.324. The first-order valence-electron chi connectivity index (χ1n) is 8.51. The molecule has 0 amide bonds. The first-order chi connectivity index (χ1) is 14.2. The average Bonchev–Trinajstić information content (AvgIpc) is 3.06. The molecule has 0 fully saturated rings. The van der Waals surface area contributed by atoms with E-state index in [9.17, 15) is 8.42 Å². The minimum absolute atomic E-state index is 0. The summed E-state index contributed by atoms with van der Waals surface area (Å²) in [5.74, 6) is 1.46. The molecule has 1 aromatic heterocycles. The number of aromatic nitrogens is 1. The summed E-state index contributed by atoms with van der Waals surface area (Å²) in [4.78, 5) is 5.21. The summed E-state index contributed by atoms with van der Waals surface area (Å²) in [6, 6.07) is 8.15. The maximum absolute atomic E-state index is 11.8. The molecule has 0 spiro atoms. The number of hydrogen-bond donors (Lipinski definition) is 1. The maximum Gasteiger partial charge on any atom is 0.239 e. The summed E-state index contributed by atoms with van der Waals surface area (Å²) in [7, 11) is 2.49. The van der Waals surface area contributed by atoms with Crippen LogP contribution in [-0.4, -0.2) is 34.3 Å². The molecular formula is C19H21BrClN3O5S2. The molecule has 0 saturated carbocycles. The largest absolute Gasteiger partial charge is 0.493 e. The Hall–Kier alpha value is -2.05. The van der Waals surface area contributed by atoms with Crippen molar-refractivity contribution < 1.29 is 22.6 Å². The Balaban J connectivity index is 0.00000341. The van der Waals surface area contributed by atoms with Crippen molar-refractivity contribution in [3.63, 3.8) is 0 Å². The molecule has 3 aromatic rings. The average molecular weight is 551 g/mol. The molecule has 168 valence electrons. The number of sulfonamides is 1. The van der Waals surface area contributed by atoms with E-state index in [0.717, 1.165) is 5.69 Å². The summed E-state index contributed by atoms with van der Waals surface area (Å²) in [6.07, 6.45) is 0. The van der Waals surface area contributed by atoms with Crippen LogP contribution in [0.4, 0.5) is 5.69 Å². The van der Waals surface area contributed by atoms with Gasteiger partial charge in [-0.2, -0.15) is 0 Å². The lowest BCUT2D eigenvalue weighted by atomic mass is 10.2. The van der Waals surface area contributed by atoms with Crippen molar-refractivity contribution in [2.45, 2.75) is 4.90 Å². The van der Waals surface area contributed by atoms with E-state index in [1.807, 2.05) is 17.0 Å². The van der Waals surface area contributed by atoms with Gasteiger partial charge >= 0.3 is 0 Å². The number of hydrogen-bond acceptors (Lipinski definition) is 7. The Bertz CT molecular complexity index is 1250.